The monoisotopic (exact) mass is 400 g/mol. The van der Waals surface area contributed by atoms with Crippen molar-refractivity contribution < 1.29 is 9.59 Å². The van der Waals surface area contributed by atoms with Gasteiger partial charge in [-0.3, -0.25) is 20.0 Å². The zero-order valence-corrected chi connectivity index (χ0v) is 16.9. The van der Waals surface area contributed by atoms with Crippen LogP contribution in [0.3, 0.4) is 0 Å². The number of anilines is 2. The zero-order valence-electron chi connectivity index (χ0n) is 16.9. The average molecular weight is 400 g/mol. The van der Waals surface area contributed by atoms with Crippen molar-refractivity contribution in [1.29, 1.82) is 5.41 Å². The lowest BCUT2D eigenvalue weighted by atomic mass is 10.1. The standard InChI is InChI=1S/C15H20N8O2.C4H8/c1-8-11(6-23(19)15(18)22(8)2)14(25)21-9-3-4-12(16)10(5-9)13(17)20-7-24;1-4-2-3-4/h3-5,7,18H,6,16,19H2,1-2H3,(H,21,25)(H2,17,20,24);4H,2-3H2,1H3. The Morgan fingerprint density at radius 1 is 1.38 bits per heavy atom. The van der Waals surface area contributed by atoms with Gasteiger partial charge in [-0.1, -0.05) is 19.8 Å². The number of benzene rings is 1. The van der Waals surface area contributed by atoms with Crippen LogP contribution in [0.25, 0.3) is 0 Å². The molecule has 0 aromatic heterocycles. The largest absolute Gasteiger partial charge is 0.398 e. The van der Waals surface area contributed by atoms with Crippen molar-refractivity contribution in [2.75, 3.05) is 24.6 Å². The lowest BCUT2D eigenvalue weighted by Crippen LogP contribution is -2.51. The van der Waals surface area contributed by atoms with Gasteiger partial charge >= 0.3 is 0 Å². The molecule has 156 valence electrons. The third kappa shape index (κ3) is 5.55. The Kier molecular flexibility index (Phi) is 6.94. The highest BCUT2D eigenvalue weighted by Gasteiger charge is 2.27. The number of carbonyl (C=O) groups excluding carboxylic acids is 2. The molecule has 10 nitrogen and oxygen atoms in total. The van der Waals surface area contributed by atoms with Crippen molar-refractivity contribution in [3.8, 4) is 0 Å². The topological polar surface area (TPSA) is 167 Å². The number of carbonyl (C=O) groups is 2. The molecule has 1 aliphatic heterocycles. The second-order valence-corrected chi connectivity index (χ2v) is 7.13. The minimum atomic E-state index is -0.367. The van der Waals surface area contributed by atoms with Gasteiger partial charge in [-0.25, -0.2) is 5.84 Å². The van der Waals surface area contributed by atoms with Crippen molar-refractivity contribution in [3.63, 3.8) is 0 Å². The minimum absolute atomic E-state index is 0.0435. The van der Waals surface area contributed by atoms with E-state index >= 15 is 0 Å². The van der Waals surface area contributed by atoms with Crippen molar-refractivity contribution in [3.05, 3.63) is 35.0 Å². The summed E-state index contributed by atoms with van der Waals surface area (Å²) < 4.78 is 0. The summed E-state index contributed by atoms with van der Waals surface area (Å²) in [4.78, 5) is 28.0. The molecule has 0 unspecified atom stereocenters. The molecule has 1 fully saturated rings. The molecule has 0 bridgehead atoms. The zero-order chi connectivity index (χ0) is 21.7. The number of guanidine groups is 1. The lowest BCUT2D eigenvalue weighted by Gasteiger charge is -2.34. The number of hydrogen-bond acceptors (Lipinski definition) is 5. The Morgan fingerprint density at radius 2 is 2.00 bits per heavy atom. The Balaban J connectivity index is 0.000000666. The van der Waals surface area contributed by atoms with E-state index in [1.165, 1.54) is 28.8 Å². The van der Waals surface area contributed by atoms with E-state index in [9.17, 15) is 9.59 Å². The summed E-state index contributed by atoms with van der Waals surface area (Å²) >= 11 is 0. The normalized spacial score (nSPS) is 17.0. The summed E-state index contributed by atoms with van der Waals surface area (Å²) in [6.07, 6.45) is 3.29. The molecular formula is C19H28N8O2. The van der Waals surface area contributed by atoms with Crippen LogP contribution in [0.2, 0.25) is 0 Å². The van der Waals surface area contributed by atoms with Gasteiger partial charge in [0.2, 0.25) is 12.4 Å². The summed E-state index contributed by atoms with van der Waals surface area (Å²) in [6, 6.07) is 4.69. The van der Waals surface area contributed by atoms with E-state index in [0.717, 1.165) is 5.92 Å². The third-order valence-corrected chi connectivity index (χ3v) is 4.78. The van der Waals surface area contributed by atoms with E-state index in [2.05, 4.69) is 17.2 Å². The number of amides is 2. The van der Waals surface area contributed by atoms with Crippen LogP contribution in [0.15, 0.2) is 34.5 Å². The van der Waals surface area contributed by atoms with Crippen LogP contribution >= 0.6 is 0 Å². The Bertz CT molecular complexity index is 873. The molecule has 1 saturated carbocycles. The second kappa shape index (κ2) is 9.20. The highest BCUT2D eigenvalue weighted by molar-refractivity contribution is 6.08. The molecule has 3 rings (SSSR count). The van der Waals surface area contributed by atoms with Crippen LogP contribution in [-0.2, 0) is 9.59 Å². The number of hydrazine groups is 1. The molecule has 2 aliphatic rings. The summed E-state index contributed by atoms with van der Waals surface area (Å²) in [7, 11) is 1.65. The summed E-state index contributed by atoms with van der Waals surface area (Å²) in [5.41, 5.74) is 13.7. The van der Waals surface area contributed by atoms with Crippen LogP contribution in [0, 0.1) is 11.3 Å². The fourth-order valence-corrected chi connectivity index (χ4v) is 2.51. The Hall–Kier alpha value is -3.40. The van der Waals surface area contributed by atoms with Crippen LogP contribution in [0.5, 0.6) is 0 Å². The molecule has 8 N–H and O–H groups in total. The maximum absolute atomic E-state index is 12.6. The SMILES string of the molecule is CC1=C(C(=O)Nc2ccc(N)c(C(N)=NC=O)c2)CN(N)C(=N)N1C.CC1CC1. The van der Waals surface area contributed by atoms with E-state index < -0.39 is 0 Å². The van der Waals surface area contributed by atoms with Crippen molar-refractivity contribution in [1.82, 2.24) is 9.91 Å². The molecule has 0 saturated heterocycles. The van der Waals surface area contributed by atoms with E-state index in [1.54, 1.807) is 26.1 Å². The molecule has 1 aromatic rings. The third-order valence-electron chi connectivity index (χ3n) is 4.78. The Morgan fingerprint density at radius 3 is 2.55 bits per heavy atom. The predicted molar refractivity (Wildman–Crippen MR) is 114 cm³/mol. The highest BCUT2D eigenvalue weighted by atomic mass is 16.1. The van der Waals surface area contributed by atoms with Gasteiger partial charge in [0.05, 0.1) is 12.1 Å². The van der Waals surface area contributed by atoms with Gasteiger partial charge in [-0.2, -0.15) is 4.99 Å². The first kappa shape index (κ1) is 21.9. The molecule has 0 atom stereocenters. The molecule has 1 aromatic carbocycles. The van der Waals surface area contributed by atoms with Crippen molar-refractivity contribution in [2.45, 2.75) is 26.7 Å². The summed E-state index contributed by atoms with van der Waals surface area (Å²) in [6.45, 7) is 4.12. The first-order chi connectivity index (χ1) is 13.6. The van der Waals surface area contributed by atoms with Crippen LogP contribution < -0.4 is 22.6 Å². The maximum atomic E-state index is 12.6. The smallest absolute Gasteiger partial charge is 0.255 e. The van der Waals surface area contributed by atoms with E-state index in [1.807, 2.05) is 0 Å². The van der Waals surface area contributed by atoms with Crippen LogP contribution in [0.4, 0.5) is 11.4 Å². The number of aliphatic imine (C=N–C) groups is 1. The molecule has 1 heterocycles. The maximum Gasteiger partial charge on any atom is 0.255 e. The fourth-order valence-electron chi connectivity index (χ4n) is 2.51. The quantitative estimate of drug-likeness (QED) is 0.164. The fraction of sp³-hybridized carbons (Fsp3) is 0.368. The van der Waals surface area contributed by atoms with Gasteiger partial charge in [0, 0.05) is 29.7 Å². The number of nitrogen functional groups attached to an aromatic ring is 1. The van der Waals surface area contributed by atoms with Gasteiger partial charge in [-0.15, -0.1) is 0 Å². The number of amidine groups is 1. The van der Waals surface area contributed by atoms with E-state index in [-0.39, 0.29) is 24.2 Å². The van der Waals surface area contributed by atoms with Crippen molar-refractivity contribution >= 4 is 35.5 Å². The van der Waals surface area contributed by atoms with E-state index in [4.69, 9.17) is 22.7 Å². The lowest BCUT2D eigenvalue weighted by molar-refractivity contribution is -0.113. The highest BCUT2D eigenvalue weighted by Crippen LogP contribution is 2.26. The molecular weight excluding hydrogens is 372 g/mol. The molecule has 0 radical (unpaired) electrons. The number of allylic oxidation sites excluding steroid dienone is 1. The Labute approximate surface area is 169 Å². The number of nitrogens with two attached hydrogens (primary N) is 3. The first-order valence-corrected chi connectivity index (χ1v) is 9.18. The van der Waals surface area contributed by atoms with Gasteiger partial charge in [-0.05, 0) is 31.0 Å². The number of nitrogens with zero attached hydrogens (tertiary/aromatic N) is 3. The molecule has 1 aliphatic carbocycles. The average Bonchev–Trinajstić information content (AvgIpc) is 3.47. The first-order valence-electron chi connectivity index (χ1n) is 9.18. The number of rotatable bonds is 4. The number of nitrogens with one attached hydrogen (secondary N) is 2. The van der Waals surface area contributed by atoms with E-state index in [0.29, 0.717) is 34.6 Å². The van der Waals surface area contributed by atoms with Gasteiger partial charge < -0.3 is 21.7 Å². The second-order valence-electron chi connectivity index (χ2n) is 7.13. The number of hydrogen-bond donors (Lipinski definition) is 5. The molecule has 29 heavy (non-hydrogen) atoms. The van der Waals surface area contributed by atoms with Crippen molar-refractivity contribution in [2.24, 2.45) is 22.5 Å². The van der Waals surface area contributed by atoms with Gasteiger partial charge in [0.15, 0.2) is 0 Å². The summed E-state index contributed by atoms with van der Waals surface area (Å²) in [5, 5.41) is 11.7. The van der Waals surface area contributed by atoms with Crippen LogP contribution in [-0.4, -0.2) is 47.6 Å². The van der Waals surface area contributed by atoms with Gasteiger partial charge in [0.25, 0.3) is 5.91 Å². The summed E-state index contributed by atoms with van der Waals surface area (Å²) in [5.74, 6) is 6.51. The minimum Gasteiger partial charge on any atom is -0.398 e. The van der Waals surface area contributed by atoms with Gasteiger partial charge in [0.1, 0.15) is 5.84 Å². The molecule has 10 heteroatoms. The molecule has 0 spiro atoms. The molecule has 2 amide bonds. The predicted octanol–water partition coefficient (Wildman–Crippen LogP) is 0.815. The van der Waals surface area contributed by atoms with Crippen LogP contribution in [0.1, 0.15) is 32.3 Å².